The van der Waals surface area contributed by atoms with Gasteiger partial charge >= 0.3 is 0 Å². The zero-order chi connectivity index (χ0) is 37.0. The Morgan fingerprint density at radius 2 is 0.982 bits per heavy atom. The summed E-state index contributed by atoms with van der Waals surface area (Å²) in [7, 11) is 0. The van der Waals surface area contributed by atoms with Crippen LogP contribution in [0.2, 0.25) is 0 Å². The molecule has 0 radical (unpaired) electrons. The van der Waals surface area contributed by atoms with Crippen molar-refractivity contribution in [2.75, 3.05) is 0 Å². The Morgan fingerprint density at radius 1 is 0.393 bits per heavy atom. The summed E-state index contributed by atoms with van der Waals surface area (Å²) in [6.45, 7) is 0. The third-order valence-electron chi connectivity index (χ3n) is 10.8. The Balaban J connectivity index is 1.09. The quantitative estimate of drug-likeness (QED) is 0.170. The van der Waals surface area contributed by atoms with Crippen LogP contribution in [0.1, 0.15) is 0 Å². The normalized spacial score (nSPS) is 11.6. The van der Waals surface area contributed by atoms with E-state index in [-0.39, 0.29) is 0 Å². The summed E-state index contributed by atoms with van der Waals surface area (Å²) < 4.78 is 4.65. The molecular formula is C52H33N3S. The van der Waals surface area contributed by atoms with Gasteiger partial charge < -0.3 is 4.57 Å². The highest BCUT2D eigenvalue weighted by Crippen LogP contribution is 2.44. The average Bonchev–Trinajstić information content (AvgIpc) is 3.83. The van der Waals surface area contributed by atoms with Crippen molar-refractivity contribution < 1.29 is 0 Å². The van der Waals surface area contributed by atoms with E-state index >= 15 is 0 Å². The largest absolute Gasteiger partial charge is 0.309 e. The van der Waals surface area contributed by atoms with Crippen LogP contribution in [0.5, 0.6) is 0 Å². The molecule has 3 aromatic heterocycles. The predicted octanol–water partition coefficient (Wildman–Crippen LogP) is 14.3. The molecule has 0 bridgehead atoms. The highest BCUT2D eigenvalue weighted by Gasteiger charge is 2.20. The fourth-order valence-corrected chi connectivity index (χ4v) is 9.37. The maximum atomic E-state index is 5.35. The van der Waals surface area contributed by atoms with Crippen LogP contribution in [0.25, 0.3) is 104 Å². The summed E-state index contributed by atoms with van der Waals surface area (Å²) >= 11 is 1.77. The van der Waals surface area contributed by atoms with Crippen molar-refractivity contribution in [2.24, 2.45) is 0 Å². The Morgan fingerprint density at radius 3 is 1.79 bits per heavy atom. The third kappa shape index (κ3) is 5.42. The number of fused-ring (bicyclic) bond motifs is 6. The standard InChI is InChI=1S/C52H33N3S/c1-4-15-34(16-5-1)36-19-13-22-40(32-36)49-51-50(54-52(53-49)35-17-6-2-7-18-35)48-42(26-14-28-47(48)56-51)39-21-12-20-37(31-39)38-29-30-46-44(33-38)43-25-10-11-27-45(43)55(46)41-23-8-3-9-24-41/h1-33H. The Labute approximate surface area is 328 Å². The van der Waals surface area contributed by atoms with Crippen molar-refractivity contribution in [3.8, 4) is 61.7 Å². The van der Waals surface area contributed by atoms with Gasteiger partial charge in [-0.15, -0.1) is 11.3 Å². The minimum atomic E-state index is 0.726. The molecule has 11 aromatic rings. The van der Waals surface area contributed by atoms with Gasteiger partial charge in [-0.25, -0.2) is 9.97 Å². The number of nitrogens with zero attached hydrogens (tertiary/aromatic N) is 3. The molecule has 11 rings (SSSR count). The Kier molecular flexibility index (Phi) is 7.68. The zero-order valence-electron chi connectivity index (χ0n) is 30.3. The second kappa shape index (κ2) is 13.3. The molecule has 0 fully saturated rings. The molecule has 0 N–H and O–H groups in total. The highest BCUT2D eigenvalue weighted by atomic mass is 32.1. The fourth-order valence-electron chi connectivity index (χ4n) is 8.19. The lowest BCUT2D eigenvalue weighted by molar-refractivity contribution is 1.18. The van der Waals surface area contributed by atoms with Gasteiger partial charge in [0.2, 0.25) is 0 Å². The first-order valence-corrected chi connectivity index (χ1v) is 19.7. The van der Waals surface area contributed by atoms with Gasteiger partial charge in [-0.05, 0) is 81.9 Å². The minimum Gasteiger partial charge on any atom is -0.309 e. The molecule has 0 unspecified atom stereocenters. The highest BCUT2D eigenvalue weighted by molar-refractivity contribution is 7.26. The lowest BCUT2D eigenvalue weighted by atomic mass is 9.96. The van der Waals surface area contributed by atoms with Crippen molar-refractivity contribution in [1.82, 2.24) is 14.5 Å². The molecule has 262 valence electrons. The van der Waals surface area contributed by atoms with Gasteiger partial charge in [0.25, 0.3) is 0 Å². The van der Waals surface area contributed by atoms with E-state index in [1.54, 1.807) is 11.3 Å². The average molecular weight is 732 g/mol. The minimum absolute atomic E-state index is 0.726. The van der Waals surface area contributed by atoms with Crippen molar-refractivity contribution in [3.63, 3.8) is 0 Å². The second-order valence-corrected chi connectivity index (χ2v) is 15.2. The number of hydrogen-bond acceptors (Lipinski definition) is 3. The monoisotopic (exact) mass is 731 g/mol. The van der Waals surface area contributed by atoms with Gasteiger partial charge in [0, 0.05) is 37.7 Å². The summed E-state index contributed by atoms with van der Waals surface area (Å²) in [5.74, 6) is 0.726. The van der Waals surface area contributed by atoms with Crippen LogP contribution in [0.4, 0.5) is 0 Å². The molecule has 3 heterocycles. The topological polar surface area (TPSA) is 30.7 Å². The molecule has 0 spiro atoms. The SMILES string of the molecule is c1ccc(-c2cccc(-c3nc(-c4ccccc4)nc4c3sc3cccc(-c5cccc(-c6ccc7c(c6)c6ccccc6n7-c6ccccc6)c5)c34)c2)cc1. The molecule has 0 aliphatic rings. The molecule has 0 aliphatic heterocycles. The van der Waals surface area contributed by atoms with Gasteiger partial charge in [-0.2, -0.15) is 0 Å². The van der Waals surface area contributed by atoms with E-state index in [9.17, 15) is 0 Å². The number of aromatic nitrogens is 3. The molecule has 0 saturated heterocycles. The smallest absolute Gasteiger partial charge is 0.160 e. The van der Waals surface area contributed by atoms with Crippen LogP contribution in [0.15, 0.2) is 200 Å². The lowest BCUT2D eigenvalue weighted by Gasteiger charge is -2.11. The summed E-state index contributed by atoms with van der Waals surface area (Å²) in [6.07, 6.45) is 0. The molecule has 0 amide bonds. The van der Waals surface area contributed by atoms with Gasteiger partial charge in [0.15, 0.2) is 5.82 Å². The van der Waals surface area contributed by atoms with Crippen LogP contribution in [0, 0.1) is 0 Å². The summed E-state index contributed by atoms with van der Waals surface area (Å²) in [6, 6.07) is 71.4. The first kappa shape index (κ1) is 32.3. The Hall–Kier alpha value is -7.14. The summed E-state index contributed by atoms with van der Waals surface area (Å²) in [4.78, 5) is 10.6. The maximum absolute atomic E-state index is 5.35. The van der Waals surface area contributed by atoms with Crippen LogP contribution in [-0.4, -0.2) is 14.5 Å². The van der Waals surface area contributed by atoms with E-state index in [1.165, 1.54) is 48.8 Å². The van der Waals surface area contributed by atoms with Gasteiger partial charge in [-0.3, -0.25) is 0 Å². The van der Waals surface area contributed by atoms with Crippen molar-refractivity contribution in [3.05, 3.63) is 200 Å². The number of rotatable bonds is 6. The molecular weight excluding hydrogens is 699 g/mol. The van der Waals surface area contributed by atoms with Crippen molar-refractivity contribution >= 4 is 53.4 Å². The van der Waals surface area contributed by atoms with Crippen molar-refractivity contribution in [1.29, 1.82) is 0 Å². The lowest BCUT2D eigenvalue weighted by Crippen LogP contribution is -1.94. The maximum Gasteiger partial charge on any atom is 0.160 e. The van der Waals surface area contributed by atoms with E-state index in [0.717, 1.165) is 55.1 Å². The third-order valence-corrected chi connectivity index (χ3v) is 12.0. The predicted molar refractivity (Wildman–Crippen MR) is 236 cm³/mol. The van der Waals surface area contributed by atoms with Crippen LogP contribution >= 0.6 is 11.3 Å². The fraction of sp³-hybridized carbons (Fsp3) is 0. The van der Waals surface area contributed by atoms with Crippen LogP contribution in [-0.2, 0) is 0 Å². The van der Waals surface area contributed by atoms with E-state index in [4.69, 9.17) is 9.97 Å². The zero-order valence-corrected chi connectivity index (χ0v) is 31.1. The number of para-hydroxylation sites is 2. The summed E-state index contributed by atoms with van der Waals surface area (Å²) in [5, 5.41) is 3.65. The molecule has 56 heavy (non-hydrogen) atoms. The molecule has 4 heteroatoms. The molecule has 0 saturated carbocycles. The molecule has 0 atom stereocenters. The van der Waals surface area contributed by atoms with Crippen molar-refractivity contribution in [2.45, 2.75) is 0 Å². The number of hydrogen-bond donors (Lipinski definition) is 0. The number of thiophene rings is 1. The molecule has 8 aromatic carbocycles. The summed E-state index contributed by atoms with van der Waals surface area (Å²) in [5.41, 5.74) is 14.6. The first-order valence-electron chi connectivity index (χ1n) is 18.9. The molecule has 3 nitrogen and oxygen atoms in total. The van der Waals surface area contributed by atoms with Gasteiger partial charge in [0.05, 0.1) is 26.9 Å². The first-order chi connectivity index (χ1) is 27.8. The van der Waals surface area contributed by atoms with Gasteiger partial charge in [0.1, 0.15) is 0 Å². The number of benzene rings is 8. The van der Waals surface area contributed by atoms with Crippen LogP contribution < -0.4 is 0 Å². The second-order valence-electron chi connectivity index (χ2n) is 14.2. The van der Waals surface area contributed by atoms with E-state index < -0.39 is 0 Å². The Bertz CT molecular complexity index is 3240. The molecule has 0 aliphatic carbocycles. The van der Waals surface area contributed by atoms with Crippen LogP contribution in [0.3, 0.4) is 0 Å². The van der Waals surface area contributed by atoms with E-state index in [1.807, 2.05) is 6.07 Å². The van der Waals surface area contributed by atoms with Gasteiger partial charge in [-0.1, -0.05) is 152 Å². The van der Waals surface area contributed by atoms with E-state index in [0.29, 0.717) is 0 Å². The van der Waals surface area contributed by atoms with E-state index in [2.05, 4.69) is 199 Å².